The summed E-state index contributed by atoms with van der Waals surface area (Å²) in [6.45, 7) is 5.96. The third kappa shape index (κ3) is 2.78. The standard InChI is InChI=1S/C18H23N3O/c1-3-7-17-16(18(22)20-10-4-5-11-20)13-19-21(17)15-9-6-8-14(2)12-15/h6,8-9,12-13H,3-5,7,10-11H2,1-2H3. The van der Waals surface area contributed by atoms with Crippen molar-refractivity contribution >= 4 is 5.91 Å². The lowest BCUT2D eigenvalue weighted by atomic mass is 10.1. The number of nitrogens with zero attached hydrogens (tertiary/aromatic N) is 3. The van der Waals surface area contributed by atoms with E-state index in [-0.39, 0.29) is 5.91 Å². The van der Waals surface area contributed by atoms with Crippen LogP contribution in [0.5, 0.6) is 0 Å². The second-order valence-corrected chi connectivity index (χ2v) is 6.01. The summed E-state index contributed by atoms with van der Waals surface area (Å²) < 4.78 is 1.93. The molecule has 0 N–H and O–H groups in total. The molecular formula is C18H23N3O. The van der Waals surface area contributed by atoms with Crippen LogP contribution >= 0.6 is 0 Å². The normalized spacial score (nSPS) is 14.5. The van der Waals surface area contributed by atoms with Crippen molar-refractivity contribution in [1.29, 1.82) is 0 Å². The van der Waals surface area contributed by atoms with Crippen molar-refractivity contribution in [3.8, 4) is 5.69 Å². The zero-order valence-electron chi connectivity index (χ0n) is 13.4. The molecule has 1 fully saturated rings. The van der Waals surface area contributed by atoms with Crippen molar-refractivity contribution in [2.75, 3.05) is 13.1 Å². The maximum atomic E-state index is 12.7. The first-order valence-electron chi connectivity index (χ1n) is 8.14. The van der Waals surface area contributed by atoms with Gasteiger partial charge in [0.15, 0.2) is 0 Å². The van der Waals surface area contributed by atoms with Gasteiger partial charge in [0.05, 0.1) is 23.1 Å². The van der Waals surface area contributed by atoms with E-state index in [2.05, 4.69) is 31.1 Å². The molecule has 1 aromatic heterocycles. The van der Waals surface area contributed by atoms with Gasteiger partial charge in [-0.05, 0) is 43.9 Å². The minimum Gasteiger partial charge on any atom is -0.339 e. The zero-order chi connectivity index (χ0) is 15.5. The first-order chi connectivity index (χ1) is 10.7. The number of hydrogen-bond acceptors (Lipinski definition) is 2. The second-order valence-electron chi connectivity index (χ2n) is 6.01. The summed E-state index contributed by atoms with van der Waals surface area (Å²) >= 11 is 0. The molecule has 0 aliphatic carbocycles. The third-order valence-corrected chi connectivity index (χ3v) is 4.23. The van der Waals surface area contributed by atoms with Crippen LogP contribution in [0, 0.1) is 6.92 Å². The monoisotopic (exact) mass is 297 g/mol. The van der Waals surface area contributed by atoms with E-state index in [1.54, 1.807) is 6.20 Å². The van der Waals surface area contributed by atoms with Crippen LogP contribution < -0.4 is 0 Å². The molecule has 3 rings (SSSR count). The fourth-order valence-corrected chi connectivity index (χ4v) is 3.10. The molecule has 22 heavy (non-hydrogen) atoms. The van der Waals surface area contributed by atoms with Gasteiger partial charge in [0.25, 0.3) is 5.91 Å². The Morgan fingerprint density at radius 2 is 2.05 bits per heavy atom. The Morgan fingerprint density at radius 3 is 2.73 bits per heavy atom. The van der Waals surface area contributed by atoms with Gasteiger partial charge in [-0.25, -0.2) is 4.68 Å². The fraction of sp³-hybridized carbons (Fsp3) is 0.444. The van der Waals surface area contributed by atoms with Gasteiger partial charge >= 0.3 is 0 Å². The smallest absolute Gasteiger partial charge is 0.257 e. The van der Waals surface area contributed by atoms with E-state index in [9.17, 15) is 4.79 Å². The number of likely N-dealkylation sites (tertiary alicyclic amines) is 1. The van der Waals surface area contributed by atoms with Gasteiger partial charge in [0.2, 0.25) is 0 Å². The van der Waals surface area contributed by atoms with Crippen molar-refractivity contribution in [3.05, 3.63) is 47.3 Å². The van der Waals surface area contributed by atoms with E-state index >= 15 is 0 Å². The zero-order valence-corrected chi connectivity index (χ0v) is 13.4. The van der Waals surface area contributed by atoms with Gasteiger partial charge in [0.1, 0.15) is 0 Å². The highest BCUT2D eigenvalue weighted by Gasteiger charge is 2.24. The van der Waals surface area contributed by atoms with E-state index in [1.165, 1.54) is 5.56 Å². The van der Waals surface area contributed by atoms with Gasteiger partial charge in [-0.3, -0.25) is 4.79 Å². The Morgan fingerprint density at radius 1 is 1.27 bits per heavy atom. The molecule has 0 unspecified atom stereocenters. The molecule has 1 saturated heterocycles. The van der Waals surface area contributed by atoms with Crippen molar-refractivity contribution in [3.63, 3.8) is 0 Å². The number of rotatable bonds is 4. The summed E-state index contributed by atoms with van der Waals surface area (Å²) in [6.07, 6.45) is 5.83. The van der Waals surface area contributed by atoms with Crippen LogP contribution in [0.2, 0.25) is 0 Å². The van der Waals surface area contributed by atoms with E-state index in [4.69, 9.17) is 0 Å². The Labute approximate surface area is 131 Å². The van der Waals surface area contributed by atoms with Crippen LogP contribution in [0.15, 0.2) is 30.5 Å². The molecule has 4 heteroatoms. The molecule has 1 aliphatic heterocycles. The molecule has 0 spiro atoms. The van der Waals surface area contributed by atoms with Crippen molar-refractivity contribution < 1.29 is 4.79 Å². The Balaban J connectivity index is 1.99. The topological polar surface area (TPSA) is 38.1 Å². The highest BCUT2D eigenvalue weighted by atomic mass is 16.2. The predicted molar refractivity (Wildman–Crippen MR) is 87.4 cm³/mol. The minimum atomic E-state index is 0.139. The number of aryl methyl sites for hydroxylation is 1. The summed E-state index contributed by atoms with van der Waals surface area (Å²) in [4.78, 5) is 14.7. The van der Waals surface area contributed by atoms with Crippen LogP contribution in [0.3, 0.4) is 0 Å². The maximum Gasteiger partial charge on any atom is 0.257 e. The number of aromatic nitrogens is 2. The Kier molecular flexibility index (Phi) is 4.27. The molecule has 116 valence electrons. The number of hydrogen-bond donors (Lipinski definition) is 0. The molecule has 1 amide bonds. The lowest BCUT2D eigenvalue weighted by Crippen LogP contribution is -2.28. The van der Waals surface area contributed by atoms with Crippen LogP contribution in [0.25, 0.3) is 5.69 Å². The molecule has 0 saturated carbocycles. The summed E-state index contributed by atoms with van der Waals surface area (Å²) in [5.74, 6) is 0.139. The average Bonchev–Trinajstić information content (AvgIpc) is 3.17. The van der Waals surface area contributed by atoms with E-state index in [1.807, 2.05) is 21.7 Å². The van der Waals surface area contributed by atoms with Crippen LogP contribution in [0.4, 0.5) is 0 Å². The minimum absolute atomic E-state index is 0.139. The summed E-state index contributed by atoms with van der Waals surface area (Å²) in [7, 11) is 0. The summed E-state index contributed by atoms with van der Waals surface area (Å²) in [6, 6.07) is 8.26. The van der Waals surface area contributed by atoms with Crippen LogP contribution in [-0.2, 0) is 6.42 Å². The third-order valence-electron chi connectivity index (χ3n) is 4.23. The molecule has 0 bridgehead atoms. The van der Waals surface area contributed by atoms with Gasteiger partial charge in [0, 0.05) is 13.1 Å². The van der Waals surface area contributed by atoms with Gasteiger partial charge in [-0.2, -0.15) is 5.10 Å². The van der Waals surface area contributed by atoms with E-state index in [0.717, 1.165) is 55.7 Å². The molecule has 2 heterocycles. The summed E-state index contributed by atoms with van der Waals surface area (Å²) in [5, 5.41) is 4.51. The van der Waals surface area contributed by atoms with Gasteiger partial charge < -0.3 is 4.90 Å². The van der Waals surface area contributed by atoms with Crippen molar-refractivity contribution in [2.45, 2.75) is 39.5 Å². The predicted octanol–water partition coefficient (Wildman–Crippen LogP) is 3.37. The largest absolute Gasteiger partial charge is 0.339 e. The number of amides is 1. The highest BCUT2D eigenvalue weighted by molar-refractivity contribution is 5.95. The molecule has 0 atom stereocenters. The molecule has 1 aliphatic rings. The lowest BCUT2D eigenvalue weighted by Gasteiger charge is -2.16. The van der Waals surface area contributed by atoms with Gasteiger partial charge in [-0.1, -0.05) is 25.5 Å². The van der Waals surface area contributed by atoms with Crippen molar-refractivity contribution in [1.82, 2.24) is 14.7 Å². The number of benzene rings is 1. The average molecular weight is 297 g/mol. The second kappa shape index (κ2) is 6.34. The highest BCUT2D eigenvalue weighted by Crippen LogP contribution is 2.21. The first-order valence-corrected chi connectivity index (χ1v) is 8.14. The molecular weight excluding hydrogens is 274 g/mol. The Hall–Kier alpha value is -2.10. The quantitative estimate of drug-likeness (QED) is 0.868. The maximum absolute atomic E-state index is 12.7. The fourth-order valence-electron chi connectivity index (χ4n) is 3.10. The molecule has 2 aromatic rings. The molecule has 4 nitrogen and oxygen atoms in total. The number of carbonyl (C=O) groups is 1. The molecule has 1 aromatic carbocycles. The molecule has 0 radical (unpaired) electrons. The van der Waals surface area contributed by atoms with Crippen molar-refractivity contribution in [2.24, 2.45) is 0 Å². The number of carbonyl (C=O) groups excluding carboxylic acids is 1. The summed E-state index contributed by atoms with van der Waals surface area (Å²) in [5.41, 5.74) is 4.03. The lowest BCUT2D eigenvalue weighted by molar-refractivity contribution is 0.0791. The van der Waals surface area contributed by atoms with Gasteiger partial charge in [-0.15, -0.1) is 0 Å². The van der Waals surface area contributed by atoms with E-state index in [0.29, 0.717) is 0 Å². The van der Waals surface area contributed by atoms with Crippen LogP contribution in [-0.4, -0.2) is 33.7 Å². The SMILES string of the molecule is CCCc1c(C(=O)N2CCCC2)cnn1-c1cccc(C)c1. The van der Waals surface area contributed by atoms with Crippen LogP contribution in [0.1, 0.15) is 47.8 Å². The first kappa shape index (κ1) is 14.8. The van der Waals surface area contributed by atoms with E-state index < -0.39 is 0 Å². The Bertz CT molecular complexity index is 669.